The van der Waals surface area contributed by atoms with Gasteiger partial charge < -0.3 is 5.11 Å². The molecule has 18 heavy (non-hydrogen) atoms. The molecule has 0 radical (unpaired) electrons. The first-order chi connectivity index (χ1) is 8.52. The predicted molar refractivity (Wildman–Crippen MR) is 62.4 cm³/mol. The van der Waals surface area contributed by atoms with Gasteiger partial charge in [-0.1, -0.05) is 23.8 Å². The zero-order chi connectivity index (χ0) is 13.3. The minimum atomic E-state index is -1.23. The Balaban J connectivity index is 2.65. The molecular weight excluding hydrogens is 241 g/mol. The van der Waals surface area contributed by atoms with Crippen molar-refractivity contribution in [2.75, 3.05) is 0 Å². The molecule has 1 N–H and O–H groups in total. The summed E-state index contributed by atoms with van der Waals surface area (Å²) in [6.07, 6.45) is 0. The lowest BCUT2D eigenvalue weighted by atomic mass is 9.97. The zero-order valence-corrected chi connectivity index (χ0v) is 9.67. The lowest BCUT2D eigenvalue weighted by Crippen LogP contribution is -1.96. The molecule has 0 saturated heterocycles. The number of aryl methyl sites for hydroxylation is 1. The molecule has 0 aliphatic rings. The van der Waals surface area contributed by atoms with Crippen LogP contribution in [0.1, 0.15) is 11.1 Å². The number of aliphatic hydroxyl groups is 1. The molecular formula is C14H11F3O. The van der Waals surface area contributed by atoms with Gasteiger partial charge in [0.05, 0.1) is 6.61 Å². The molecule has 0 atom stereocenters. The van der Waals surface area contributed by atoms with Crippen molar-refractivity contribution >= 4 is 0 Å². The molecule has 0 saturated carbocycles. The summed E-state index contributed by atoms with van der Waals surface area (Å²) in [4.78, 5) is 0. The van der Waals surface area contributed by atoms with Crippen LogP contribution < -0.4 is 0 Å². The van der Waals surface area contributed by atoms with Gasteiger partial charge in [0.1, 0.15) is 5.82 Å². The molecule has 1 nitrogen and oxygen atoms in total. The van der Waals surface area contributed by atoms with Crippen LogP contribution in [0.5, 0.6) is 0 Å². The van der Waals surface area contributed by atoms with E-state index < -0.39 is 17.5 Å². The van der Waals surface area contributed by atoms with Crippen molar-refractivity contribution in [3.63, 3.8) is 0 Å². The maximum atomic E-state index is 13.6. The summed E-state index contributed by atoms with van der Waals surface area (Å²) in [6, 6.07) is 6.28. The number of halogens is 3. The summed E-state index contributed by atoms with van der Waals surface area (Å²) < 4.78 is 39.7. The molecule has 0 bridgehead atoms. The zero-order valence-electron chi connectivity index (χ0n) is 9.67. The summed E-state index contributed by atoms with van der Waals surface area (Å²) >= 11 is 0. The largest absolute Gasteiger partial charge is 0.392 e. The van der Waals surface area contributed by atoms with Gasteiger partial charge in [0.25, 0.3) is 0 Å². The molecule has 0 aliphatic heterocycles. The highest BCUT2D eigenvalue weighted by Crippen LogP contribution is 2.29. The molecule has 2 aromatic rings. The fraction of sp³-hybridized carbons (Fsp3) is 0.143. The lowest BCUT2D eigenvalue weighted by Gasteiger charge is -2.10. The third-order valence-corrected chi connectivity index (χ3v) is 2.73. The van der Waals surface area contributed by atoms with Crippen LogP contribution in [-0.2, 0) is 6.61 Å². The summed E-state index contributed by atoms with van der Waals surface area (Å²) in [5, 5.41) is 9.23. The molecule has 0 fully saturated rings. The Hall–Kier alpha value is -1.81. The van der Waals surface area contributed by atoms with E-state index in [0.717, 1.165) is 11.6 Å². The fourth-order valence-electron chi connectivity index (χ4n) is 1.85. The molecule has 0 aromatic heterocycles. The summed E-state index contributed by atoms with van der Waals surface area (Å²) in [7, 11) is 0. The summed E-state index contributed by atoms with van der Waals surface area (Å²) in [5.41, 5.74) is 1.67. The average molecular weight is 252 g/mol. The highest BCUT2D eigenvalue weighted by molar-refractivity contribution is 5.68. The third kappa shape index (κ3) is 2.24. The highest BCUT2D eigenvalue weighted by Gasteiger charge is 2.14. The minimum absolute atomic E-state index is 0.0575. The normalized spacial score (nSPS) is 10.7. The first-order valence-electron chi connectivity index (χ1n) is 5.38. The van der Waals surface area contributed by atoms with E-state index in [4.69, 9.17) is 0 Å². The van der Waals surface area contributed by atoms with Crippen LogP contribution in [0.3, 0.4) is 0 Å². The van der Waals surface area contributed by atoms with Gasteiger partial charge in [0, 0.05) is 11.6 Å². The van der Waals surface area contributed by atoms with Crippen LogP contribution in [0.25, 0.3) is 11.1 Å². The van der Waals surface area contributed by atoms with Crippen LogP contribution in [0, 0.1) is 24.4 Å². The van der Waals surface area contributed by atoms with Crippen molar-refractivity contribution in [2.45, 2.75) is 13.5 Å². The number of hydrogen-bond acceptors (Lipinski definition) is 1. The van der Waals surface area contributed by atoms with E-state index in [-0.39, 0.29) is 12.2 Å². The predicted octanol–water partition coefficient (Wildman–Crippen LogP) is 3.57. The molecule has 94 valence electrons. The Kier molecular flexibility index (Phi) is 3.39. The van der Waals surface area contributed by atoms with Crippen molar-refractivity contribution in [1.82, 2.24) is 0 Å². The van der Waals surface area contributed by atoms with Crippen LogP contribution in [0.15, 0.2) is 30.3 Å². The standard InChI is InChI=1S/C14H11F3O/c1-8-2-3-10(9(4-8)7-18)11-5-13(16)14(17)6-12(11)15/h2-6,18H,7H2,1H3. The molecule has 0 amide bonds. The van der Waals surface area contributed by atoms with Crippen molar-refractivity contribution in [1.29, 1.82) is 0 Å². The minimum Gasteiger partial charge on any atom is -0.392 e. The Labute approximate surface area is 103 Å². The monoisotopic (exact) mass is 252 g/mol. The van der Waals surface area contributed by atoms with Crippen molar-refractivity contribution in [3.05, 3.63) is 58.9 Å². The van der Waals surface area contributed by atoms with Gasteiger partial charge in [0.15, 0.2) is 11.6 Å². The van der Waals surface area contributed by atoms with E-state index >= 15 is 0 Å². The maximum absolute atomic E-state index is 13.6. The van der Waals surface area contributed by atoms with Gasteiger partial charge in [-0.05, 0) is 24.1 Å². The fourth-order valence-corrected chi connectivity index (χ4v) is 1.85. The molecule has 0 aliphatic carbocycles. The smallest absolute Gasteiger partial charge is 0.161 e. The van der Waals surface area contributed by atoms with Crippen LogP contribution in [0.4, 0.5) is 13.2 Å². The second kappa shape index (κ2) is 4.82. The maximum Gasteiger partial charge on any atom is 0.161 e. The van der Waals surface area contributed by atoms with E-state index in [1.807, 2.05) is 6.92 Å². The molecule has 2 rings (SSSR count). The molecule has 0 heterocycles. The molecule has 2 aromatic carbocycles. The Morgan fingerprint density at radius 2 is 1.56 bits per heavy atom. The van der Waals surface area contributed by atoms with Crippen molar-refractivity contribution in [3.8, 4) is 11.1 Å². The summed E-state index contributed by atoms with van der Waals surface area (Å²) in [5.74, 6) is -3.20. The SMILES string of the molecule is Cc1ccc(-c2cc(F)c(F)cc2F)c(CO)c1. The van der Waals surface area contributed by atoms with E-state index in [2.05, 4.69) is 0 Å². The third-order valence-electron chi connectivity index (χ3n) is 2.73. The molecule has 0 spiro atoms. The van der Waals surface area contributed by atoms with E-state index in [9.17, 15) is 18.3 Å². The van der Waals surface area contributed by atoms with Gasteiger partial charge in [-0.25, -0.2) is 13.2 Å². The quantitative estimate of drug-likeness (QED) is 0.810. The van der Waals surface area contributed by atoms with Gasteiger partial charge in [0.2, 0.25) is 0 Å². The van der Waals surface area contributed by atoms with Crippen LogP contribution >= 0.6 is 0 Å². The van der Waals surface area contributed by atoms with E-state index in [1.165, 1.54) is 0 Å². The second-order valence-electron chi connectivity index (χ2n) is 4.06. The van der Waals surface area contributed by atoms with Gasteiger partial charge in [-0.2, -0.15) is 0 Å². The van der Waals surface area contributed by atoms with Crippen LogP contribution in [-0.4, -0.2) is 5.11 Å². The average Bonchev–Trinajstić information content (AvgIpc) is 2.34. The van der Waals surface area contributed by atoms with Crippen molar-refractivity contribution < 1.29 is 18.3 Å². The number of aliphatic hydroxyl groups excluding tert-OH is 1. The van der Waals surface area contributed by atoms with Gasteiger partial charge in [-0.3, -0.25) is 0 Å². The van der Waals surface area contributed by atoms with Crippen LogP contribution in [0.2, 0.25) is 0 Å². The number of rotatable bonds is 2. The molecule has 4 heteroatoms. The Morgan fingerprint density at radius 3 is 2.22 bits per heavy atom. The van der Waals surface area contributed by atoms with Gasteiger partial charge >= 0.3 is 0 Å². The first kappa shape index (κ1) is 12.6. The van der Waals surface area contributed by atoms with E-state index in [0.29, 0.717) is 17.2 Å². The van der Waals surface area contributed by atoms with Gasteiger partial charge in [-0.15, -0.1) is 0 Å². The first-order valence-corrected chi connectivity index (χ1v) is 5.38. The molecule has 0 unspecified atom stereocenters. The topological polar surface area (TPSA) is 20.2 Å². The highest BCUT2D eigenvalue weighted by atomic mass is 19.2. The Morgan fingerprint density at radius 1 is 0.889 bits per heavy atom. The van der Waals surface area contributed by atoms with Crippen molar-refractivity contribution in [2.24, 2.45) is 0 Å². The number of hydrogen-bond donors (Lipinski definition) is 1. The number of benzene rings is 2. The lowest BCUT2D eigenvalue weighted by molar-refractivity contribution is 0.282. The second-order valence-corrected chi connectivity index (χ2v) is 4.06. The Bertz CT molecular complexity index is 594. The van der Waals surface area contributed by atoms with E-state index in [1.54, 1.807) is 18.2 Å². The summed E-state index contributed by atoms with van der Waals surface area (Å²) in [6.45, 7) is 1.53.